The van der Waals surface area contributed by atoms with Crippen molar-refractivity contribution < 1.29 is 14.3 Å². The summed E-state index contributed by atoms with van der Waals surface area (Å²) in [7, 11) is 0. The fourth-order valence-electron chi connectivity index (χ4n) is 3.82. The molecule has 1 aliphatic rings. The molecule has 0 spiro atoms. The van der Waals surface area contributed by atoms with Crippen LogP contribution in [-0.2, 0) is 20.9 Å². The largest absolute Gasteiger partial charge is 0.460 e. The van der Waals surface area contributed by atoms with E-state index in [4.69, 9.17) is 14.5 Å². The third-order valence-corrected chi connectivity index (χ3v) is 5.16. The van der Waals surface area contributed by atoms with E-state index in [1.54, 1.807) is 0 Å². The van der Waals surface area contributed by atoms with Crippen molar-refractivity contribution in [1.29, 1.82) is 5.26 Å². The Morgan fingerprint density at radius 3 is 2.35 bits per heavy atom. The molecule has 2 heterocycles. The molecule has 0 unspecified atom stereocenters. The van der Waals surface area contributed by atoms with Crippen molar-refractivity contribution in [3.05, 3.63) is 65.9 Å². The Morgan fingerprint density at radius 1 is 1.10 bits per heavy atom. The average molecular weight is 416 g/mol. The van der Waals surface area contributed by atoms with Crippen molar-refractivity contribution in [1.82, 2.24) is 9.97 Å². The van der Waals surface area contributed by atoms with Crippen molar-refractivity contribution in [3.8, 4) is 6.07 Å². The molecule has 3 atom stereocenters. The quantitative estimate of drug-likeness (QED) is 0.587. The number of benzene rings is 2. The molecule has 3 aromatic rings. The first-order valence-corrected chi connectivity index (χ1v) is 10.3. The first-order valence-electron chi connectivity index (χ1n) is 10.3. The molecule has 7 nitrogen and oxygen atoms in total. The third-order valence-electron chi connectivity index (χ3n) is 5.16. The summed E-state index contributed by atoms with van der Waals surface area (Å²) in [6.07, 6.45) is -0.00845. The van der Waals surface area contributed by atoms with Gasteiger partial charge in [0.1, 0.15) is 12.3 Å². The second-order valence-corrected chi connectivity index (χ2v) is 7.74. The minimum Gasteiger partial charge on any atom is -0.460 e. The van der Waals surface area contributed by atoms with Crippen LogP contribution in [0.15, 0.2) is 54.6 Å². The Kier molecular flexibility index (Phi) is 6.10. The van der Waals surface area contributed by atoms with Crippen molar-refractivity contribution in [2.24, 2.45) is 0 Å². The third kappa shape index (κ3) is 4.65. The number of nitriles is 1. The van der Waals surface area contributed by atoms with Crippen molar-refractivity contribution in [2.45, 2.75) is 38.6 Å². The fraction of sp³-hybridized carbons (Fsp3) is 0.333. The summed E-state index contributed by atoms with van der Waals surface area (Å²) >= 11 is 0. The molecular weight excluding hydrogens is 392 g/mol. The van der Waals surface area contributed by atoms with Gasteiger partial charge in [0.15, 0.2) is 11.7 Å². The van der Waals surface area contributed by atoms with Gasteiger partial charge in [-0.2, -0.15) is 5.26 Å². The van der Waals surface area contributed by atoms with Crippen molar-refractivity contribution >= 4 is 22.8 Å². The predicted octanol–water partition coefficient (Wildman–Crippen LogP) is 3.59. The van der Waals surface area contributed by atoms with Crippen LogP contribution >= 0.6 is 0 Å². The molecule has 0 aliphatic carbocycles. The highest BCUT2D eigenvalue weighted by Crippen LogP contribution is 2.30. The van der Waals surface area contributed by atoms with E-state index in [1.165, 1.54) is 0 Å². The van der Waals surface area contributed by atoms with E-state index in [0.717, 1.165) is 5.56 Å². The lowest BCUT2D eigenvalue weighted by Crippen LogP contribution is -2.46. The number of anilines is 1. The maximum absolute atomic E-state index is 12.9. The lowest BCUT2D eigenvalue weighted by Gasteiger charge is -2.37. The summed E-state index contributed by atoms with van der Waals surface area (Å²) < 4.78 is 11.3. The van der Waals surface area contributed by atoms with Gasteiger partial charge in [-0.05, 0) is 31.5 Å². The smallest absolute Gasteiger partial charge is 0.330 e. The lowest BCUT2D eigenvalue weighted by molar-refractivity contribution is -0.145. The van der Waals surface area contributed by atoms with Gasteiger partial charge in [0.05, 0.1) is 29.3 Å². The van der Waals surface area contributed by atoms with Gasteiger partial charge in [0, 0.05) is 13.1 Å². The number of carbonyl (C=O) groups excluding carboxylic acids is 1. The van der Waals surface area contributed by atoms with Crippen molar-refractivity contribution in [3.63, 3.8) is 0 Å². The molecule has 7 heteroatoms. The maximum atomic E-state index is 12.9. The van der Waals surface area contributed by atoms with E-state index in [1.807, 2.05) is 73.3 Å². The maximum Gasteiger partial charge on any atom is 0.330 e. The van der Waals surface area contributed by atoms with Gasteiger partial charge in [0.2, 0.25) is 0 Å². The van der Waals surface area contributed by atoms with Gasteiger partial charge in [-0.1, -0.05) is 42.5 Å². The standard InChI is InChI=1S/C24H24N4O3/c1-16-13-28(14-17(2)31-16)23-22(26-20-10-6-7-11-21(20)27-23)19(12-25)24(29)30-15-18-8-4-3-5-9-18/h3-11,16-17,19H,13-15H2,1-2H3/t16-,17-,19+/m0/s1. The van der Waals surface area contributed by atoms with E-state index < -0.39 is 11.9 Å². The fourth-order valence-corrected chi connectivity index (χ4v) is 3.82. The molecule has 31 heavy (non-hydrogen) atoms. The number of rotatable bonds is 5. The van der Waals surface area contributed by atoms with Crippen LogP contribution in [0.25, 0.3) is 11.0 Å². The van der Waals surface area contributed by atoms with Crippen LogP contribution in [-0.4, -0.2) is 41.2 Å². The van der Waals surface area contributed by atoms with E-state index >= 15 is 0 Å². The molecule has 1 fully saturated rings. The number of ether oxygens (including phenoxy) is 2. The van der Waals surface area contributed by atoms with E-state index in [-0.39, 0.29) is 18.8 Å². The summed E-state index contributed by atoms with van der Waals surface area (Å²) in [4.78, 5) is 24.4. The number of hydrogen-bond donors (Lipinski definition) is 0. The number of morpholine rings is 1. The number of carbonyl (C=O) groups is 1. The Hall–Kier alpha value is -3.50. The molecule has 158 valence electrons. The molecule has 2 aromatic carbocycles. The Labute approximate surface area is 181 Å². The monoisotopic (exact) mass is 416 g/mol. The van der Waals surface area contributed by atoms with E-state index in [0.29, 0.717) is 35.6 Å². The number of para-hydroxylation sites is 2. The summed E-state index contributed by atoms with van der Waals surface area (Å²) in [5, 5.41) is 9.88. The van der Waals surface area contributed by atoms with Gasteiger partial charge < -0.3 is 14.4 Å². The van der Waals surface area contributed by atoms with Gasteiger partial charge in [-0.3, -0.25) is 4.79 Å². The predicted molar refractivity (Wildman–Crippen MR) is 116 cm³/mol. The number of aromatic nitrogens is 2. The summed E-state index contributed by atoms with van der Waals surface area (Å²) in [6.45, 7) is 5.28. The molecule has 1 aliphatic heterocycles. The first kappa shape index (κ1) is 20.8. The molecule has 4 rings (SSSR count). The molecular formula is C24H24N4O3. The highest BCUT2D eigenvalue weighted by atomic mass is 16.5. The summed E-state index contributed by atoms with van der Waals surface area (Å²) in [5.41, 5.74) is 2.52. The zero-order valence-electron chi connectivity index (χ0n) is 17.6. The van der Waals surface area contributed by atoms with Crippen LogP contribution in [0.1, 0.15) is 31.0 Å². The number of hydrogen-bond acceptors (Lipinski definition) is 7. The van der Waals surface area contributed by atoms with Gasteiger partial charge >= 0.3 is 5.97 Å². The number of nitrogens with zero attached hydrogens (tertiary/aromatic N) is 4. The van der Waals surface area contributed by atoms with Crippen molar-refractivity contribution in [2.75, 3.05) is 18.0 Å². The Morgan fingerprint density at radius 2 is 1.71 bits per heavy atom. The normalized spacial score (nSPS) is 19.6. The second-order valence-electron chi connectivity index (χ2n) is 7.74. The summed E-state index contributed by atoms with van der Waals surface area (Å²) in [5.74, 6) is -1.28. The van der Waals surface area contributed by atoms with Crippen LogP contribution in [0.3, 0.4) is 0 Å². The van der Waals surface area contributed by atoms with Gasteiger partial charge in [-0.25, -0.2) is 9.97 Å². The lowest BCUT2D eigenvalue weighted by atomic mass is 10.1. The van der Waals surface area contributed by atoms with E-state index in [9.17, 15) is 10.1 Å². The molecule has 0 radical (unpaired) electrons. The zero-order valence-corrected chi connectivity index (χ0v) is 17.6. The minimum absolute atomic E-state index is 0.00422. The zero-order chi connectivity index (χ0) is 21.8. The highest BCUT2D eigenvalue weighted by Gasteiger charge is 2.32. The average Bonchev–Trinajstić information content (AvgIpc) is 2.78. The molecule has 1 aromatic heterocycles. The number of esters is 1. The van der Waals surface area contributed by atoms with Gasteiger partial charge in [-0.15, -0.1) is 0 Å². The Bertz CT molecular complexity index is 1100. The second kappa shape index (κ2) is 9.11. The molecule has 0 saturated carbocycles. The molecule has 1 saturated heterocycles. The van der Waals surface area contributed by atoms with Gasteiger partial charge in [0.25, 0.3) is 0 Å². The summed E-state index contributed by atoms with van der Waals surface area (Å²) in [6, 6.07) is 18.9. The highest BCUT2D eigenvalue weighted by molar-refractivity contribution is 5.85. The molecule has 0 bridgehead atoms. The van der Waals surface area contributed by atoms with Crippen LogP contribution in [0.4, 0.5) is 5.82 Å². The molecule has 0 amide bonds. The van der Waals surface area contributed by atoms with Crippen LogP contribution in [0.5, 0.6) is 0 Å². The van der Waals surface area contributed by atoms with Crippen LogP contribution < -0.4 is 4.90 Å². The van der Waals surface area contributed by atoms with E-state index in [2.05, 4.69) is 11.1 Å². The Balaban J connectivity index is 1.69. The minimum atomic E-state index is -1.18. The van der Waals surface area contributed by atoms with Crippen LogP contribution in [0, 0.1) is 11.3 Å². The molecule has 0 N–H and O–H groups in total. The number of fused-ring (bicyclic) bond motifs is 1. The first-order chi connectivity index (χ1) is 15.0. The topological polar surface area (TPSA) is 88.3 Å². The SMILES string of the molecule is C[C@H]1CN(c2nc3ccccc3nc2[C@@H](C#N)C(=O)OCc2ccccc2)C[C@H](C)O1. The van der Waals surface area contributed by atoms with Crippen LogP contribution in [0.2, 0.25) is 0 Å².